The predicted octanol–water partition coefficient (Wildman–Crippen LogP) is -1.15. The van der Waals surface area contributed by atoms with E-state index in [4.69, 9.17) is 14.6 Å². The molecule has 0 aromatic carbocycles. The van der Waals surface area contributed by atoms with Gasteiger partial charge in [-0.1, -0.05) is 6.92 Å². The number of methoxy groups -OCH3 is 1. The fourth-order valence-corrected chi connectivity index (χ4v) is 1.61. The minimum atomic E-state index is -1.17. The van der Waals surface area contributed by atoms with Crippen molar-refractivity contribution in [2.75, 3.05) is 13.7 Å². The largest absolute Gasteiger partial charge is 0.394 e. The van der Waals surface area contributed by atoms with Gasteiger partial charge in [0.1, 0.15) is 18.3 Å². The van der Waals surface area contributed by atoms with Crippen LogP contribution in [0.4, 0.5) is 0 Å². The van der Waals surface area contributed by atoms with Crippen molar-refractivity contribution in [1.29, 1.82) is 0 Å². The maximum atomic E-state index is 9.60. The summed E-state index contributed by atoms with van der Waals surface area (Å²) in [5.74, 6) is -1.17. The quantitative estimate of drug-likeness (QED) is 0.526. The van der Waals surface area contributed by atoms with Crippen LogP contribution in [-0.4, -0.2) is 53.1 Å². The molecule has 0 aromatic heterocycles. The second-order valence-electron chi connectivity index (χ2n) is 3.14. The van der Waals surface area contributed by atoms with E-state index in [0.717, 1.165) is 0 Å². The van der Waals surface area contributed by atoms with Crippen LogP contribution in [0, 0.1) is 0 Å². The average molecular weight is 192 g/mol. The third-order valence-corrected chi connectivity index (χ3v) is 2.52. The molecule has 0 unspecified atom stereocenters. The van der Waals surface area contributed by atoms with Crippen molar-refractivity contribution in [3.05, 3.63) is 0 Å². The van der Waals surface area contributed by atoms with Gasteiger partial charge in [-0.3, -0.25) is 0 Å². The van der Waals surface area contributed by atoms with Gasteiger partial charge in [0, 0.05) is 13.5 Å². The summed E-state index contributed by atoms with van der Waals surface area (Å²) in [7, 11) is 1.40. The van der Waals surface area contributed by atoms with Gasteiger partial charge in [-0.25, -0.2) is 0 Å². The van der Waals surface area contributed by atoms with Gasteiger partial charge < -0.3 is 24.8 Å². The van der Waals surface area contributed by atoms with Crippen LogP contribution in [0.1, 0.15) is 13.3 Å². The van der Waals surface area contributed by atoms with E-state index in [-0.39, 0.29) is 6.61 Å². The fourth-order valence-electron chi connectivity index (χ4n) is 1.61. The van der Waals surface area contributed by atoms with Crippen LogP contribution in [0.2, 0.25) is 0 Å². The summed E-state index contributed by atoms with van der Waals surface area (Å²) in [4.78, 5) is 0. The first-order valence-electron chi connectivity index (χ1n) is 4.31. The van der Waals surface area contributed by atoms with E-state index in [0.29, 0.717) is 6.42 Å². The van der Waals surface area contributed by atoms with Gasteiger partial charge in [-0.2, -0.15) is 0 Å². The summed E-state index contributed by atoms with van der Waals surface area (Å²) in [6, 6.07) is 0. The van der Waals surface area contributed by atoms with Crippen LogP contribution in [0.3, 0.4) is 0 Å². The maximum Gasteiger partial charge on any atom is 0.197 e. The van der Waals surface area contributed by atoms with Gasteiger partial charge in [0.25, 0.3) is 0 Å². The van der Waals surface area contributed by atoms with Crippen molar-refractivity contribution in [2.24, 2.45) is 0 Å². The van der Waals surface area contributed by atoms with Gasteiger partial charge >= 0.3 is 0 Å². The molecule has 5 nitrogen and oxygen atoms in total. The molecule has 1 rings (SSSR count). The zero-order valence-electron chi connectivity index (χ0n) is 7.80. The monoisotopic (exact) mass is 192 g/mol. The zero-order chi connectivity index (χ0) is 10.1. The summed E-state index contributed by atoms with van der Waals surface area (Å²) in [5, 5.41) is 27.9. The molecule has 0 radical (unpaired) electrons. The van der Waals surface area contributed by atoms with Crippen LogP contribution in [-0.2, 0) is 9.47 Å². The first kappa shape index (κ1) is 10.9. The molecule has 1 aliphatic rings. The second-order valence-corrected chi connectivity index (χ2v) is 3.14. The van der Waals surface area contributed by atoms with Crippen molar-refractivity contribution in [2.45, 2.75) is 37.4 Å². The molecule has 1 aliphatic heterocycles. The standard InChI is InChI=1S/C8H16O5/c1-3-8(12-2)7(11)6(10)5(4-9)13-8/h5-7,9-11H,3-4H2,1-2H3/t5-,6-,7-,8-/m1/s1. The molecule has 3 N–H and O–H groups in total. The highest BCUT2D eigenvalue weighted by atomic mass is 16.7. The Morgan fingerprint density at radius 3 is 2.31 bits per heavy atom. The van der Waals surface area contributed by atoms with Gasteiger partial charge in [0.05, 0.1) is 6.61 Å². The van der Waals surface area contributed by atoms with Crippen LogP contribution in [0.5, 0.6) is 0 Å². The Kier molecular flexibility index (Phi) is 3.26. The molecule has 0 amide bonds. The molecule has 13 heavy (non-hydrogen) atoms. The van der Waals surface area contributed by atoms with E-state index >= 15 is 0 Å². The summed E-state index contributed by atoms with van der Waals surface area (Å²) in [6.07, 6.45) is -2.56. The molecular weight excluding hydrogens is 176 g/mol. The molecular formula is C8H16O5. The van der Waals surface area contributed by atoms with Crippen molar-refractivity contribution in [3.8, 4) is 0 Å². The molecule has 4 atom stereocenters. The molecule has 5 heteroatoms. The highest BCUT2D eigenvalue weighted by Gasteiger charge is 2.53. The maximum absolute atomic E-state index is 9.60. The highest BCUT2D eigenvalue weighted by molar-refractivity contribution is 4.95. The van der Waals surface area contributed by atoms with Crippen LogP contribution < -0.4 is 0 Å². The van der Waals surface area contributed by atoms with Crippen molar-refractivity contribution < 1.29 is 24.8 Å². The average Bonchev–Trinajstić information content (AvgIpc) is 2.42. The number of aliphatic hydroxyl groups is 3. The Hall–Kier alpha value is -0.200. The van der Waals surface area contributed by atoms with Crippen molar-refractivity contribution >= 4 is 0 Å². The molecule has 78 valence electrons. The van der Waals surface area contributed by atoms with Crippen LogP contribution in [0.25, 0.3) is 0 Å². The normalized spacial score (nSPS) is 45.5. The molecule has 0 saturated carbocycles. The smallest absolute Gasteiger partial charge is 0.197 e. The topological polar surface area (TPSA) is 79.2 Å². The molecule has 1 heterocycles. The van der Waals surface area contributed by atoms with E-state index in [1.165, 1.54) is 7.11 Å². The lowest BCUT2D eigenvalue weighted by atomic mass is 10.0. The lowest BCUT2D eigenvalue weighted by Crippen LogP contribution is -2.44. The fraction of sp³-hybridized carbons (Fsp3) is 1.00. The lowest BCUT2D eigenvalue weighted by Gasteiger charge is -2.28. The van der Waals surface area contributed by atoms with Gasteiger partial charge in [0.2, 0.25) is 0 Å². The third-order valence-electron chi connectivity index (χ3n) is 2.52. The predicted molar refractivity (Wildman–Crippen MR) is 44.0 cm³/mol. The van der Waals surface area contributed by atoms with Gasteiger partial charge in [-0.05, 0) is 0 Å². The highest BCUT2D eigenvalue weighted by Crippen LogP contribution is 2.34. The van der Waals surface area contributed by atoms with Crippen molar-refractivity contribution in [1.82, 2.24) is 0 Å². The zero-order valence-corrected chi connectivity index (χ0v) is 7.80. The van der Waals surface area contributed by atoms with E-state index in [9.17, 15) is 10.2 Å². The van der Waals surface area contributed by atoms with Gasteiger partial charge in [-0.15, -0.1) is 0 Å². The number of hydrogen-bond acceptors (Lipinski definition) is 5. The Morgan fingerprint density at radius 2 is 2.08 bits per heavy atom. The molecule has 0 aliphatic carbocycles. The Balaban J connectivity index is 2.79. The lowest BCUT2D eigenvalue weighted by molar-refractivity contribution is -0.248. The summed E-state index contributed by atoms with van der Waals surface area (Å²) in [5.41, 5.74) is 0. The molecule has 0 aromatic rings. The SMILES string of the molecule is CC[C@@]1(OC)O[C@H](CO)[C@@H](O)[C@H]1O. The first-order valence-corrected chi connectivity index (χ1v) is 4.31. The van der Waals surface area contributed by atoms with Crippen molar-refractivity contribution in [3.63, 3.8) is 0 Å². The van der Waals surface area contributed by atoms with E-state index in [1.807, 2.05) is 0 Å². The number of aliphatic hydroxyl groups excluding tert-OH is 3. The Labute approximate surface area is 76.9 Å². The minimum Gasteiger partial charge on any atom is -0.394 e. The number of hydrogen-bond donors (Lipinski definition) is 3. The minimum absolute atomic E-state index is 0.330. The molecule has 0 bridgehead atoms. The first-order chi connectivity index (χ1) is 6.11. The Morgan fingerprint density at radius 1 is 1.46 bits per heavy atom. The summed E-state index contributed by atoms with van der Waals surface area (Å²) >= 11 is 0. The van der Waals surface area contributed by atoms with E-state index < -0.39 is 24.1 Å². The van der Waals surface area contributed by atoms with Gasteiger partial charge in [0.15, 0.2) is 5.79 Å². The second kappa shape index (κ2) is 3.89. The van der Waals surface area contributed by atoms with Crippen LogP contribution in [0.15, 0.2) is 0 Å². The third kappa shape index (κ3) is 1.58. The summed E-state index contributed by atoms with van der Waals surface area (Å²) < 4.78 is 10.3. The Bertz CT molecular complexity index is 168. The van der Waals surface area contributed by atoms with Crippen LogP contribution >= 0.6 is 0 Å². The molecule has 1 fully saturated rings. The number of rotatable bonds is 3. The van der Waals surface area contributed by atoms with E-state index in [2.05, 4.69) is 0 Å². The number of ether oxygens (including phenoxy) is 2. The summed E-state index contributed by atoms with van der Waals surface area (Å²) in [6.45, 7) is 1.45. The molecule has 1 saturated heterocycles. The molecule has 0 spiro atoms. The van der Waals surface area contributed by atoms with E-state index in [1.54, 1.807) is 6.92 Å².